The monoisotopic (exact) mass is 314 g/mol. The highest BCUT2D eigenvalue weighted by atomic mass is 16.6. The Morgan fingerprint density at radius 3 is 2.00 bits per heavy atom. The molecule has 2 amide bonds. The number of hydrogen-bond acceptors (Lipinski definition) is 4. The molecule has 0 saturated carbocycles. The summed E-state index contributed by atoms with van der Waals surface area (Å²) in [6.07, 6.45) is 2.07. The van der Waals surface area contributed by atoms with Gasteiger partial charge in [0.15, 0.2) is 0 Å². The smallest absolute Gasteiger partial charge is 0.408 e. The highest BCUT2D eigenvalue weighted by molar-refractivity contribution is 5.68. The molecule has 0 aliphatic rings. The van der Waals surface area contributed by atoms with Crippen LogP contribution in [0.3, 0.4) is 0 Å². The summed E-state index contributed by atoms with van der Waals surface area (Å²) < 4.78 is 10.3. The molecule has 0 unspecified atom stereocenters. The van der Waals surface area contributed by atoms with E-state index in [1.807, 2.05) is 20.8 Å². The van der Waals surface area contributed by atoms with Crippen molar-refractivity contribution in [3.05, 3.63) is 12.7 Å². The SMILES string of the molecule is C=C[C@@H](CCCNC(=O)OC(C)(C)C)NC(=O)OC(C)(C)C. The highest BCUT2D eigenvalue weighted by Crippen LogP contribution is 2.08. The van der Waals surface area contributed by atoms with E-state index in [0.717, 1.165) is 0 Å². The van der Waals surface area contributed by atoms with Gasteiger partial charge in [0.1, 0.15) is 11.2 Å². The van der Waals surface area contributed by atoms with Gasteiger partial charge in [0.2, 0.25) is 0 Å². The average molecular weight is 314 g/mol. The molecule has 0 aromatic carbocycles. The highest BCUT2D eigenvalue weighted by Gasteiger charge is 2.18. The lowest BCUT2D eigenvalue weighted by Gasteiger charge is -2.22. The Labute approximate surface area is 133 Å². The molecule has 6 heteroatoms. The van der Waals surface area contributed by atoms with Crippen molar-refractivity contribution in [2.75, 3.05) is 6.54 Å². The molecule has 0 heterocycles. The molecule has 6 nitrogen and oxygen atoms in total. The predicted molar refractivity (Wildman–Crippen MR) is 86.8 cm³/mol. The molecule has 0 radical (unpaired) electrons. The minimum Gasteiger partial charge on any atom is -0.444 e. The quantitative estimate of drug-likeness (QED) is 0.582. The van der Waals surface area contributed by atoms with Crippen molar-refractivity contribution in [3.63, 3.8) is 0 Å². The fourth-order valence-electron chi connectivity index (χ4n) is 1.53. The fourth-order valence-corrected chi connectivity index (χ4v) is 1.53. The van der Waals surface area contributed by atoms with Crippen molar-refractivity contribution in [3.8, 4) is 0 Å². The summed E-state index contributed by atoms with van der Waals surface area (Å²) in [5, 5.41) is 5.40. The van der Waals surface area contributed by atoms with Gasteiger partial charge in [-0.05, 0) is 54.4 Å². The molecule has 0 rings (SSSR count). The topological polar surface area (TPSA) is 76.7 Å². The first-order chi connectivity index (χ1) is 9.93. The maximum atomic E-state index is 11.7. The van der Waals surface area contributed by atoms with Crippen LogP contribution in [0.2, 0.25) is 0 Å². The number of hydrogen-bond donors (Lipinski definition) is 2. The first kappa shape index (κ1) is 20.3. The van der Waals surface area contributed by atoms with Crippen molar-refractivity contribution < 1.29 is 19.1 Å². The van der Waals surface area contributed by atoms with Crippen molar-refractivity contribution in [2.45, 2.75) is 71.6 Å². The Bertz CT molecular complexity index is 381. The maximum absolute atomic E-state index is 11.7. The number of carbonyl (C=O) groups excluding carboxylic acids is 2. The number of ether oxygens (including phenoxy) is 2. The second kappa shape index (κ2) is 8.66. The van der Waals surface area contributed by atoms with E-state index in [2.05, 4.69) is 17.2 Å². The van der Waals surface area contributed by atoms with Crippen molar-refractivity contribution in [2.24, 2.45) is 0 Å². The number of nitrogens with one attached hydrogen (secondary N) is 2. The molecule has 22 heavy (non-hydrogen) atoms. The molecule has 2 N–H and O–H groups in total. The summed E-state index contributed by atoms with van der Waals surface area (Å²) >= 11 is 0. The molecule has 0 bridgehead atoms. The molecule has 0 fully saturated rings. The first-order valence-corrected chi connectivity index (χ1v) is 7.52. The van der Waals surface area contributed by atoms with Gasteiger partial charge in [0.25, 0.3) is 0 Å². The maximum Gasteiger partial charge on any atom is 0.408 e. The molecule has 0 aromatic heterocycles. The molecule has 0 aromatic rings. The zero-order valence-electron chi connectivity index (χ0n) is 14.6. The van der Waals surface area contributed by atoms with Crippen LogP contribution in [0.1, 0.15) is 54.4 Å². The normalized spacial score (nSPS) is 13.0. The molecule has 128 valence electrons. The van der Waals surface area contributed by atoms with E-state index < -0.39 is 23.4 Å². The van der Waals surface area contributed by atoms with Gasteiger partial charge in [-0.2, -0.15) is 0 Å². The minimum absolute atomic E-state index is 0.199. The Morgan fingerprint density at radius 2 is 1.55 bits per heavy atom. The van der Waals surface area contributed by atoms with Crippen LogP contribution < -0.4 is 10.6 Å². The van der Waals surface area contributed by atoms with E-state index in [9.17, 15) is 9.59 Å². The molecule has 1 atom stereocenters. The van der Waals surface area contributed by atoms with Gasteiger partial charge in [0, 0.05) is 6.54 Å². The van der Waals surface area contributed by atoms with E-state index in [1.165, 1.54) is 0 Å². The summed E-state index contributed by atoms with van der Waals surface area (Å²) in [7, 11) is 0. The van der Waals surface area contributed by atoms with Gasteiger partial charge in [-0.25, -0.2) is 9.59 Å². The zero-order chi connectivity index (χ0) is 17.4. The van der Waals surface area contributed by atoms with E-state index >= 15 is 0 Å². The number of rotatable bonds is 6. The van der Waals surface area contributed by atoms with Crippen molar-refractivity contribution in [1.82, 2.24) is 10.6 Å². The Balaban J connectivity index is 3.99. The number of alkyl carbamates (subject to hydrolysis) is 2. The summed E-state index contributed by atoms with van der Waals surface area (Å²) in [4.78, 5) is 23.1. The second-order valence-electron chi connectivity index (χ2n) is 7.06. The Hall–Kier alpha value is -1.72. The number of amides is 2. The lowest BCUT2D eigenvalue weighted by molar-refractivity contribution is 0.0497. The van der Waals surface area contributed by atoms with Crippen LogP contribution in [0.5, 0.6) is 0 Å². The Kier molecular flexibility index (Phi) is 7.98. The van der Waals surface area contributed by atoms with Gasteiger partial charge in [-0.15, -0.1) is 6.58 Å². The third kappa shape index (κ3) is 12.1. The fraction of sp³-hybridized carbons (Fsp3) is 0.750. The van der Waals surface area contributed by atoms with Crippen LogP contribution in [0.15, 0.2) is 12.7 Å². The van der Waals surface area contributed by atoms with Crippen molar-refractivity contribution in [1.29, 1.82) is 0 Å². The molecule has 0 aliphatic carbocycles. The van der Waals surface area contributed by atoms with Gasteiger partial charge in [-0.3, -0.25) is 0 Å². The third-order valence-corrected chi connectivity index (χ3v) is 2.35. The zero-order valence-corrected chi connectivity index (χ0v) is 14.6. The Morgan fingerprint density at radius 1 is 1.05 bits per heavy atom. The molecule has 0 aliphatic heterocycles. The summed E-state index contributed by atoms with van der Waals surface area (Å²) in [5.41, 5.74) is -1.04. The third-order valence-electron chi connectivity index (χ3n) is 2.35. The van der Waals surface area contributed by atoms with Crippen LogP contribution in [0.4, 0.5) is 9.59 Å². The van der Waals surface area contributed by atoms with E-state index in [1.54, 1.807) is 26.8 Å². The molecule has 0 saturated heterocycles. The van der Waals surface area contributed by atoms with Crippen LogP contribution in [-0.4, -0.2) is 36.0 Å². The van der Waals surface area contributed by atoms with E-state index in [4.69, 9.17) is 9.47 Å². The lowest BCUT2D eigenvalue weighted by Crippen LogP contribution is -2.38. The predicted octanol–water partition coefficient (Wildman–Crippen LogP) is 3.37. The lowest BCUT2D eigenvalue weighted by atomic mass is 10.1. The van der Waals surface area contributed by atoms with Gasteiger partial charge < -0.3 is 20.1 Å². The second-order valence-corrected chi connectivity index (χ2v) is 7.06. The van der Waals surface area contributed by atoms with Crippen LogP contribution in [0, 0.1) is 0 Å². The van der Waals surface area contributed by atoms with E-state index in [0.29, 0.717) is 19.4 Å². The number of carbonyl (C=O) groups is 2. The van der Waals surface area contributed by atoms with E-state index in [-0.39, 0.29) is 6.04 Å². The summed E-state index contributed by atoms with van der Waals surface area (Å²) in [6, 6.07) is -0.199. The minimum atomic E-state index is -0.534. The summed E-state index contributed by atoms with van der Waals surface area (Å²) in [5.74, 6) is 0. The van der Waals surface area contributed by atoms with Crippen molar-refractivity contribution >= 4 is 12.2 Å². The first-order valence-electron chi connectivity index (χ1n) is 7.52. The largest absolute Gasteiger partial charge is 0.444 e. The van der Waals surface area contributed by atoms with Gasteiger partial charge >= 0.3 is 12.2 Å². The van der Waals surface area contributed by atoms with Gasteiger partial charge in [0.05, 0.1) is 6.04 Å². The van der Waals surface area contributed by atoms with Crippen LogP contribution in [0.25, 0.3) is 0 Å². The molecular weight excluding hydrogens is 284 g/mol. The average Bonchev–Trinajstić information content (AvgIpc) is 2.28. The van der Waals surface area contributed by atoms with Crippen LogP contribution >= 0.6 is 0 Å². The van der Waals surface area contributed by atoms with Gasteiger partial charge in [-0.1, -0.05) is 6.08 Å². The van der Waals surface area contributed by atoms with Crippen LogP contribution in [-0.2, 0) is 9.47 Å². The molecule has 0 spiro atoms. The molecular formula is C16H30N2O4. The standard InChI is InChI=1S/C16H30N2O4/c1-8-12(18-14(20)22-16(5,6)7)10-9-11-17-13(19)21-15(2,3)4/h8,12H,1,9-11H2,2-7H3,(H,17,19)(H,18,20)/t12-/m0/s1. The summed E-state index contributed by atoms with van der Waals surface area (Å²) in [6.45, 7) is 15.0.